The monoisotopic (exact) mass is 461 g/mol. The Bertz CT molecular complexity index is 1000. The van der Waals surface area contributed by atoms with Gasteiger partial charge in [0.05, 0.1) is 13.1 Å². The summed E-state index contributed by atoms with van der Waals surface area (Å²) in [6, 6.07) is 20.7. The minimum Gasteiger partial charge on any atom is -0.439 e. The van der Waals surface area contributed by atoms with Crippen LogP contribution in [0.5, 0.6) is 0 Å². The summed E-state index contributed by atoms with van der Waals surface area (Å²) in [5.74, 6) is 0.225. The van der Waals surface area contributed by atoms with Gasteiger partial charge in [0.2, 0.25) is 5.91 Å². The first-order valence-electron chi connectivity index (χ1n) is 12.5. The number of hydrogen-bond acceptors (Lipinski definition) is 4. The Hall–Kier alpha value is -2.86. The highest BCUT2D eigenvalue weighted by atomic mass is 16.6. The second-order valence-corrected chi connectivity index (χ2v) is 10.5. The molecular formula is C28H35N3O3. The molecular weight excluding hydrogens is 426 g/mol. The van der Waals surface area contributed by atoms with Gasteiger partial charge in [-0.15, -0.1) is 0 Å². The number of nitrogens with zero attached hydrogens (tertiary/aromatic N) is 3. The molecule has 0 aliphatic carbocycles. The lowest BCUT2D eigenvalue weighted by Crippen LogP contribution is -2.49. The van der Waals surface area contributed by atoms with Crippen LogP contribution >= 0.6 is 0 Å². The lowest BCUT2D eigenvalue weighted by Gasteiger charge is -2.40. The number of carbonyl (C=O) groups is 2. The SMILES string of the molecule is CC1(C(=O)N2CC[C@]3(CN(CCc4ccccc4)C(=O)O3)C2)CCN(Cc2ccccc2)CC1. The van der Waals surface area contributed by atoms with E-state index in [1.54, 1.807) is 0 Å². The van der Waals surface area contributed by atoms with Crippen LogP contribution in [0.2, 0.25) is 0 Å². The van der Waals surface area contributed by atoms with E-state index in [9.17, 15) is 9.59 Å². The summed E-state index contributed by atoms with van der Waals surface area (Å²) in [5.41, 5.74) is 1.65. The summed E-state index contributed by atoms with van der Waals surface area (Å²) >= 11 is 0. The number of hydrogen-bond donors (Lipinski definition) is 0. The van der Waals surface area contributed by atoms with E-state index in [-0.39, 0.29) is 17.4 Å². The lowest BCUT2D eigenvalue weighted by molar-refractivity contribution is -0.143. The molecule has 180 valence electrons. The standard InChI is InChI=1S/C28H35N3O3/c1-27(13-17-29(18-14-27)20-24-10-6-3-7-11-24)25(32)30-19-15-28(21-30)22-31(26(33)34-28)16-12-23-8-4-2-5-9-23/h2-11H,12-22H2,1H3/t28-/m1/s1. The zero-order chi connectivity index (χ0) is 23.6. The highest BCUT2D eigenvalue weighted by Crippen LogP contribution is 2.38. The molecule has 3 aliphatic rings. The van der Waals surface area contributed by atoms with Crippen LogP contribution in [-0.4, -0.2) is 71.6 Å². The predicted octanol–water partition coefficient (Wildman–Crippen LogP) is 3.95. The van der Waals surface area contributed by atoms with Gasteiger partial charge in [-0.2, -0.15) is 0 Å². The third-order valence-corrected chi connectivity index (χ3v) is 7.88. The maximum Gasteiger partial charge on any atom is 0.410 e. The van der Waals surface area contributed by atoms with Gasteiger partial charge >= 0.3 is 6.09 Å². The molecule has 2 aromatic rings. The van der Waals surface area contributed by atoms with E-state index in [1.165, 1.54) is 11.1 Å². The Morgan fingerprint density at radius 2 is 1.53 bits per heavy atom. The first-order chi connectivity index (χ1) is 16.4. The molecule has 0 aromatic heterocycles. The molecule has 3 aliphatic heterocycles. The van der Waals surface area contributed by atoms with Gasteiger partial charge in [-0.05, 0) is 43.5 Å². The number of piperidine rings is 1. The van der Waals surface area contributed by atoms with E-state index >= 15 is 0 Å². The Labute approximate surface area is 202 Å². The number of rotatable bonds is 6. The fourth-order valence-corrected chi connectivity index (χ4v) is 5.65. The molecule has 34 heavy (non-hydrogen) atoms. The van der Waals surface area contributed by atoms with Crippen LogP contribution in [0.4, 0.5) is 4.79 Å². The van der Waals surface area contributed by atoms with Crippen molar-refractivity contribution in [1.29, 1.82) is 0 Å². The number of amides is 2. The first kappa shape index (κ1) is 22.9. The van der Waals surface area contributed by atoms with Crippen molar-refractivity contribution in [2.75, 3.05) is 39.3 Å². The Kier molecular flexibility index (Phi) is 6.34. The summed E-state index contributed by atoms with van der Waals surface area (Å²) in [6.07, 6.45) is 3.02. The Morgan fingerprint density at radius 3 is 2.21 bits per heavy atom. The van der Waals surface area contributed by atoms with Crippen LogP contribution in [0.15, 0.2) is 60.7 Å². The quantitative estimate of drug-likeness (QED) is 0.654. The highest BCUT2D eigenvalue weighted by molar-refractivity contribution is 5.83. The average Bonchev–Trinajstić information content (AvgIpc) is 3.41. The number of likely N-dealkylation sites (tertiary alicyclic amines) is 2. The van der Waals surface area contributed by atoms with Crippen LogP contribution in [0.3, 0.4) is 0 Å². The third kappa shape index (κ3) is 4.83. The molecule has 1 atom stereocenters. The molecule has 2 amide bonds. The van der Waals surface area contributed by atoms with E-state index in [0.29, 0.717) is 26.2 Å². The van der Waals surface area contributed by atoms with Gasteiger partial charge in [0, 0.05) is 31.5 Å². The summed E-state index contributed by atoms with van der Waals surface area (Å²) in [7, 11) is 0. The van der Waals surface area contributed by atoms with Gasteiger partial charge in [0.1, 0.15) is 0 Å². The van der Waals surface area contributed by atoms with Crippen LogP contribution in [0.1, 0.15) is 37.3 Å². The average molecular weight is 462 g/mol. The highest BCUT2D eigenvalue weighted by Gasteiger charge is 2.52. The molecule has 0 unspecified atom stereocenters. The van der Waals surface area contributed by atoms with Crippen molar-refractivity contribution in [1.82, 2.24) is 14.7 Å². The van der Waals surface area contributed by atoms with Gasteiger partial charge < -0.3 is 14.5 Å². The second-order valence-electron chi connectivity index (χ2n) is 10.5. The molecule has 3 fully saturated rings. The molecule has 3 heterocycles. The van der Waals surface area contributed by atoms with E-state index in [0.717, 1.165) is 45.3 Å². The summed E-state index contributed by atoms with van der Waals surface area (Å²) in [6.45, 7) is 7.32. The van der Waals surface area contributed by atoms with Crippen LogP contribution in [0.25, 0.3) is 0 Å². The maximum absolute atomic E-state index is 13.6. The van der Waals surface area contributed by atoms with Crippen molar-refractivity contribution >= 4 is 12.0 Å². The third-order valence-electron chi connectivity index (χ3n) is 7.88. The molecule has 3 saturated heterocycles. The Morgan fingerprint density at radius 1 is 0.882 bits per heavy atom. The van der Waals surface area contributed by atoms with E-state index in [1.807, 2.05) is 34.1 Å². The largest absolute Gasteiger partial charge is 0.439 e. The molecule has 0 saturated carbocycles. The van der Waals surface area contributed by atoms with Crippen molar-refractivity contribution in [3.05, 3.63) is 71.8 Å². The van der Waals surface area contributed by atoms with Crippen molar-refractivity contribution in [2.45, 2.75) is 44.8 Å². The zero-order valence-corrected chi connectivity index (χ0v) is 20.1. The number of carbonyl (C=O) groups excluding carboxylic acids is 2. The molecule has 0 N–H and O–H groups in total. The van der Waals surface area contributed by atoms with Gasteiger partial charge in [0.25, 0.3) is 0 Å². The summed E-state index contributed by atoms with van der Waals surface area (Å²) < 4.78 is 5.88. The maximum atomic E-state index is 13.6. The molecule has 6 heteroatoms. The van der Waals surface area contributed by atoms with Crippen molar-refractivity contribution in [2.24, 2.45) is 5.41 Å². The Balaban J connectivity index is 1.14. The minimum atomic E-state index is -0.548. The van der Waals surface area contributed by atoms with Gasteiger partial charge in [0.15, 0.2) is 5.60 Å². The molecule has 0 bridgehead atoms. The van der Waals surface area contributed by atoms with E-state index in [4.69, 9.17) is 4.74 Å². The molecule has 0 radical (unpaired) electrons. The predicted molar refractivity (Wildman–Crippen MR) is 131 cm³/mol. The van der Waals surface area contributed by atoms with Crippen LogP contribution < -0.4 is 0 Å². The van der Waals surface area contributed by atoms with E-state index in [2.05, 4.69) is 48.2 Å². The van der Waals surface area contributed by atoms with Crippen LogP contribution in [0, 0.1) is 5.41 Å². The zero-order valence-electron chi connectivity index (χ0n) is 20.1. The van der Waals surface area contributed by atoms with Gasteiger partial charge in [-0.1, -0.05) is 67.6 Å². The molecule has 5 rings (SSSR count). The van der Waals surface area contributed by atoms with Crippen LogP contribution in [-0.2, 0) is 22.5 Å². The number of benzene rings is 2. The van der Waals surface area contributed by atoms with Crippen molar-refractivity contribution in [3.8, 4) is 0 Å². The molecule has 1 spiro atoms. The summed E-state index contributed by atoms with van der Waals surface area (Å²) in [4.78, 5) is 32.3. The fourth-order valence-electron chi connectivity index (χ4n) is 5.65. The summed E-state index contributed by atoms with van der Waals surface area (Å²) in [5, 5.41) is 0. The van der Waals surface area contributed by atoms with Gasteiger partial charge in [-0.3, -0.25) is 9.69 Å². The fraction of sp³-hybridized carbons (Fsp3) is 0.500. The smallest absolute Gasteiger partial charge is 0.410 e. The normalized spacial score (nSPS) is 24.6. The first-order valence-corrected chi connectivity index (χ1v) is 12.5. The topological polar surface area (TPSA) is 53.1 Å². The van der Waals surface area contributed by atoms with Gasteiger partial charge in [-0.25, -0.2) is 4.79 Å². The minimum absolute atomic E-state index is 0.225. The molecule has 2 aromatic carbocycles. The second kappa shape index (κ2) is 9.41. The van der Waals surface area contributed by atoms with Crippen molar-refractivity contribution in [3.63, 3.8) is 0 Å². The van der Waals surface area contributed by atoms with Crippen molar-refractivity contribution < 1.29 is 14.3 Å². The van der Waals surface area contributed by atoms with E-state index < -0.39 is 5.60 Å². The lowest BCUT2D eigenvalue weighted by atomic mass is 9.79. The number of ether oxygens (including phenoxy) is 1. The molecule has 6 nitrogen and oxygen atoms in total.